The fourth-order valence-corrected chi connectivity index (χ4v) is 3.46. The van der Waals surface area contributed by atoms with Crippen molar-refractivity contribution >= 4 is 29.1 Å². The van der Waals surface area contributed by atoms with Crippen molar-refractivity contribution < 1.29 is 14.0 Å². The fraction of sp³-hybridized carbons (Fsp3) is 0.227. The Hall–Kier alpha value is -2.86. The van der Waals surface area contributed by atoms with Gasteiger partial charge in [0, 0.05) is 22.6 Å². The van der Waals surface area contributed by atoms with Crippen LogP contribution in [0.25, 0.3) is 11.5 Å². The molecule has 0 fully saturated rings. The van der Waals surface area contributed by atoms with Gasteiger partial charge in [0.05, 0.1) is 10.9 Å². The van der Waals surface area contributed by atoms with Gasteiger partial charge in [-0.25, -0.2) is 4.98 Å². The van der Waals surface area contributed by atoms with Gasteiger partial charge in [-0.3, -0.25) is 9.59 Å². The predicted molar refractivity (Wildman–Crippen MR) is 113 cm³/mol. The lowest BCUT2D eigenvalue weighted by atomic mass is 10.1. The zero-order valence-corrected chi connectivity index (χ0v) is 16.9. The molecular weight excluding hydrogens is 372 g/mol. The molecule has 2 aromatic carbocycles. The minimum atomic E-state index is -0.260. The summed E-state index contributed by atoms with van der Waals surface area (Å²) in [5.41, 5.74) is 3.07. The van der Waals surface area contributed by atoms with Crippen molar-refractivity contribution in [2.24, 2.45) is 0 Å². The highest BCUT2D eigenvalue weighted by Gasteiger charge is 2.17. The lowest BCUT2D eigenvalue weighted by molar-refractivity contribution is -0.115. The Kier molecular flexibility index (Phi) is 6.31. The van der Waals surface area contributed by atoms with Crippen molar-refractivity contribution in [3.05, 3.63) is 71.6 Å². The molecule has 0 aliphatic rings. The van der Waals surface area contributed by atoms with Gasteiger partial charge in [-0.1, -0.05) is 18.2 Å². The quantitative estimate of drug-likeness (QED) is 0.564. The van der Waals surface area contributed by atoms with E-state index in [0.717, 1.165) is 17.0 Å². The molecule has 1 N–H and O–H groups in total. The third-order valence-corrected chi connectivity index (χ3v) is 5.47. The first-order valence-corrected chi connectivity index (χ1v) is 10.0. The number of oxazole rings is 1. The number of aromatic nitrogens is 1. The van der Waals surface area contributed by atoms with Crippen LogP contribution in [0.15, 0.2) is 59.0 Å². The summed E-state index contributed by atoms with van der Waals surface area (Å²) in [6, 6.07) is 16.6. The third kappa shape index (κ3) is 4.89. The van der Waals surface area contributed by atoms with Crippen LogP contribution >= 0.6 is 11.8 Å². The van der Waals surface area contributed by atoms with Crippen LogP contribution in [0.3, 0.4) is 0 Å². The molecule has 0 aliphatic heterocycles. The summed E-state index contributed by atoms with van der Waals surface area (Å²) >= 11 is 1.50. The molecule has 0 saturated heterocycles. The second-order valence-corrected chi connectivity index (χ2v) is 7.79. The van der Waals surface area contributed by atoms with Crippen LogP contribution in [0.5, 0.6) is 0 Å². The first-order chi connectivity index (χ1) is 13.4. The van der Waals surface area contributed by atoms with Gasteiger partial charge < -0.3 is 9.73 Å². The van der Waals surface area contributed by atoms with E-state index < -0.39 is 0 Å². The van der Waals surface area contributed by atoms with Crippen LogP contribution in [-0.2, 0) is 10.5 Å². The first-order valence-electron chi connectivity index (χ1n) is 8.99. The fourth-order valence-electron chi connectivity index (χ4n) is 2.58. The number of ketones is 1. The van der Waals surface area contributed by atoms with Gasteiger partial charge >= 0.3 is 0 Å². The van der Waals surface area contributed by atoms with Gasteiger partial charge in [-0.2, -0.15) is 0 Å². The van der Waals surface area contributed by atoms with Gasteiger partial charge in [0.25, 0.3) is 0 Å². The Bertz CT molecular complexity index is 965. The second kappa shape index (κ2) is 8.89. The largest absolute Gasteiger partial charge is 0.441 e. The van der Waals surface area contributed by atoms with Gasteiger partial charge in [-0.15, -0.1) is 11.8 Å². The van der Waals surface area contributed by atoms with E-state index in [0.29, 0.717) is 22.9 Å². The average Bonchev–Trinajstić information content (AvgIpc) is 3.08. The molecule has 1 heterocycles. The lowest BCUT2D eigenvalue weighted by Crippen LogP contribution is -2.22. The van der Waals surface area contributed by atoms with E-state index in [2.05, 4.69) is 10.3 Å². The van der Waals surface area contributed by atoms with Crippen LogP contribution in [0.4, 0.5) is 5.69 Å². The van der Waals surface area contributed by atoms with Crippen molar-refractivity contribution in [3.8, 4) is 11.5 Å². The van der Waals surface area contributed by atoms with Crippen LogP contribution in [0, 0.1) is 6.92 Å². The first kappa shape index (κ1) is 19.9. The van der Waals surface area contributed by atoms with E-state index in [1.165, 1.54) is 18.7 Å². The number of carbonyl (C=O) groups is 2. The highest BCUT2D eigenvalue weighted by atomic mass is 32.2. The topological polar surface area (TPSA) is 72.2 Å². The predicted octanol–water partition coefficient (Wildman–Crippen LogP) is 5.11. The maximum atomic E-state index is 12.4. The standard InChI is InChI=1S/C22H22N2O3S/c1-14(25)17-9-11-19(12-10-17)23-21(26)16(3)28-13-20-15(2)27-22(24-20)18-7-5-4-6-8-18/h4-12,16H,13H2,1-3H3,(H,23,26). The van der Waals surface area contributed by atoms with Gasteiger partial charge in [-0.05, 0) is 57.2 Å². The highest BCUT2D eigenvalue weighted by Crippen LogP contribution is 2.26. The Balaban J connectivity index is 1.57. The molecule has 1 aromatic heterocycles. The SMILES string of the molecule is CC(=O)c1ccc(NC(=O)C(C)SCc2nc(-c3ccccc3)oc2C)cc1. The van der Waals surface area contributed by atoms with Crippen LogP contribution in [0.1, 0.15) is 35.7 Å². The monoisotopic (exact) mass is 394 g/mol. The van der Waals surface area contributed by atoms with Gasteiger partial charge in [0.1, 0.15) is 5.76 Å². The van der Waals surface area contributed by atoms with Crippen LogP contribution in [0.2, 0.25) is 0 Å². The van der Waals surface area contributed by atoms with E-state index in [9.17, 15) is 9.59 Å². The summed E-state index contributed by atoms with van der Waals surface area (Å²) in [5, 5.41) is 2.61. The summed E-state index contributed by atoms with van der Waals surface area (Å²) in [6.07, 6.45) is 0. The summed E-state index contributed by atoms with van der Waals surface area (Å²) < 4.78 is 5.77. The average molecular weight is 394 g/mol. The molecule has 0 spiro atoms. The molecule has 144 valence electrons. The molecule has 0 aliphatic carbocycles. The number of hydrogen-bond acceptors (Lipinski definition) is 5. The van der Waals surface area contributed by atoms with Crippen LogP contribution in [-0.4, -0.2) is 21.9 Å². The van der Waals surface area contributed by atoms with Gasteiger partial charge in [0.15, 0.2) is 5.78 Å². The Labute approximate surface area is 168 Å². The molecule has 1 atom stereocenters. The van der Waals surface area contributed by atoms with Gasteiger partial charge in [0.2, 0.25) is 11.8 Å². The smallest absolute Gasteiger partial charge is 0.237 e. The number of benzene rings is 2. The Morgan fingerprint density at radius 3 is 2.43 bits per heavy atom. The van der Waals surface area contributed by atoms with E-state index in [1.807, 2.05) is 44.2 Å². The molecular formula is C22H22N2O3S. The van der Waals surface area contributed by atoms with E-state index >= 15 is 0 Å². The molecule has 0 bridgehead atoms. The molecule has 0 radical (unpaired) electrons. The van der Waals surface area contributed by atoms with E-state index in [4.69, 9.17) is 4.42 Å². The van der Waals surface area contributed by atoms with E-state index in [-0.39, 0.29) is 16.9 Å². The minimum Gasteiger partial charge on any atom is -0.441 e. The highest BCUT2D eigenvalue weighted by molar-refractivity contribution is 7.99. The number of carbonyl (C=O) groups excluding carboxylic acids is 2. The number of anilines is 1. The lowest BCUT2D eigenvalue weighted by Gasteiger charge is -2.11. The molecule has 1 unspecified atom stereocenters. The van der Waals surface area contributed by atoms with Crippen LogP contribution < -0.4 is 5.32 Å². The Morgan fingerprint density at radius 2 is 1.79 bits per heavy atom. The number of aryl methyl sites for hydroxylation is 1. The number of Topliss-reactive ketones (excluding diaryl/α,β-unsaturated/α-hetero) is 1. The number of nitrogens with zero attached hydrogens (tertiary/aromatic N) is 1. The number of amides is 1. The zero-order valence-electron chi connectivity index (χ0n) is 16.1. The van der Waals surface area contributed by atoms with Crippen molar-refractivity contribution in [2.45, 2.75) is 31.8 Å². The maximum Gasteiger partial charge on any atom is 0.237 e. The summed E-state index contributed by atoms with van der Waals surface area (Å²) in [4.78, 5) is 28.3. The molecule has 3 rings (SSSR count). The number of thioether (sulfide) groups is 1. The maximum absolute atomic E-state index is 12.4. The van der Waals surface area contributed by atoms with Crippen molar-refractivity contribution in [2.75, 3.05) is 5.32 Å². The summed E-state index contributed by atoms with van der Waals surface area (Å²) in [7, 11) is 0. The zero-order chi connectivity index (χ0) is 20.1. The van der Waals surface area contributed by atoms with E-state index in [1.54, 1.807) is 24.3 Å². The molecule has 1 amide bonds. The minimum absolute atomic E-state index is 0.000320. The third-order valence-electron chi connectivity index (χ3n) is 4.31. The number of hydrogen-bond donors (Lipinski definition) is 1. The number of nitrogens with one attached hydrogen (secondary N) is 1. The van der Waals surface area contributed by atoms with Crippen molar-refractivity contribution in [1.29, 1.82) is 0 Å². The Morgan fingerprint density at radius 1 is 1.11 bits per heavy atom. The molecule has 5 nitrogen and oxygen atoms in total. The molecule has 3 aromatic rings. The molecule has 0 saturated carbocycles. The molecule has 6 heteroatoms. The molecule has 28 heavy (non-hydrogen) atoms. The summed E-state index contributed by atoms with van der Waals surface area (Å²) in [5.74, 6) is 1.85. The van der Waals surface area contributed by atoms with Crippen molar-refractivity contribution in [3.63, 3.8) is 0 Å². The second-order valence-electron chi connectivity index (χ2n) is 6.46. The normalized spacial score (nSPS) is 11.8. The summed E-state index contributed by atoms with van der Waals surface area (Å²) in [6.45, 7) is 5.26. The number of rotatable bonds is 7. The van der Waals surface area contributed by atoms with Crippen molar-refractivity contribution in [1.82, 2.24) is 4.98 Å².